The van der Waals surface area contributed by atoms with E-state index in [-0.39, 0.29) is 30.2 Å². The number of halogens is 1. The first kappa shape index (κ1) is 19.3. The van der Waals surface area contributed by atoms with Crippen LogP contribution in [0.3, 0.4) is 0 Å². The van der Waals surface area contributed by atoms with E-state index < -0.39 is 5.91 Å². The van der Waals surface area contributed by atoms with Crippen LogP contribution in [0.15, 0.2) is 41.5 Å². The Kier molecular flexibility index (Phi) is 6.57. The second kappa shape index (κ2) is 8.87. The number of hydrogen-bond donors (Lipinski definition) is 4. The van der Waals surface area contributed by atoms with Gasteiger partial charge in [0.2, 0.25) is 11.8 Å². The molecule has 0 spiro atoms. The summed E-state index contributed by atoms with van der Waals surface area (Å²) in [5, 5.41) is 25.8. The number of amides is 2. The Balaban J connectivity index is 1.79. The van der Waals surface area contributed by atoms with E-state index in [4.69, 9.17) is 11.6 Å². The van der Waals surface area contributed by atoms with E-state index in [1.165, 1.54) is 18.3 Å². The van der Waals surface area contributed by atoms with Crippen LogP contribution >= 0.6 is 11.6 Å². The fourth-order valence-corrected chi connectivity index (χ4v) is 2.30. The minimum absolute atomic E-state index is 0.00607. The van der Waals surface area contributed by atoms with Crippen LogP contribution in [-0.2, 0) is 9.59 Å². The number of benzene rings is 2. The molecular weight excluding hydrogens is 358 g/mol. The fraction of sp³-hybridized carbons (Fsp3) is 0.167. The number of hydrazone groups is 1. The third-order valence-electron chi connectivity index (χ3n) is 3.45. The van der Waals surface area contributed by atoms with Gasteiger partial charge in [0.25, 0.3) is 0 Å². The van der Waals surface area contributed by atoms with Crippen molar-refractivity contribution in [1.29, 1.82) is 0 Å². The number of carbonyl (C=O) groups is 2. The minimum atomic E-state index is -0.442. The molecule has 136 valence electrons. The van der Waals surface area contributed by atoms with E-state index >= 15 is 0 Å². The molecule has 7 nitrogen and oxygen atoms in total. The van der Waals surface area contributed by atoms with E-state index in [1.807, 2.05) is 6.92 Å². The monoisotopic (exact) mass is 375 g/mol. The molecule has 0 saturated heterocycles. The van der Waals surface area contributed by atoms with Crippen LogP contribution in [0.1, 0.15) is 24.0 Å². The van der Waals surface area contributed by atoms with Gasteiger partial charge in [0.05, 0.1) is 6.21 Å². The van der Waals surface area contributed by atoms with Crippen molar-refractivity contribution in [3.63, 3.8) is 0 Å². The Morgan fingerprint density at radius 3 is 2.54 bits per heavy atom. The number of hydrogen-bond acceptors (Lipinski definition) is 5. The second-order valence-electron chi connectivity index (χ2n) is 5.54. The van der Waals surface area contributed by atoms with Crippen molar-refractivity contribution in [3.8, 4) is 11.5 Å². The molecule has 8 heteroatoms. The topological polar surface area (TPSA) is 111 Å². The van der Waals surface area contributed by atoms with Gasteiger partial charge >= 0.3 is 0 Å². The van der Waals surface area contributed by atoms with Gasteiger partial charge in [-0.1, -0.05) is 11.6 Å². The molecule has 0 fully saturated rings. The van der Waals surface area contributed by atoms with Crippen LogP contribution < -0.4 is 10.7 Å². The molecule has 0 aliphatic heterocycles. The van der Waals surface area contributed by atoms with Crippen molar-refractivity contribution in [2.75, 3.05) is 5.32 Å². The Morgan fingerprint density at radius 1 is 1.12 bits per heavy atom. The fourth-order valence-electron chi connectivity index (χ4n) is 2.08. The van der Waals surface area contributed by atoms with Crippen LogP contribution in [0, 0.1) is 6.92 Å². The maximum Gasteiger partial charge on any atom is 0.240 e. The molecule has 0 aliphatic rings. The number of phenolic OH excluding ortho intramolecular Hbond substituents is 2. The molecule has 2 aromatic rings. The van der Waals surface area contributed by atoms with Crippen LogP contribution in [0.2, 0.25) is 5.02 Å². The van der Waals surface area contributed by atoms with Gasteiger partial charge in [0, 0.05) is 35.2 Å². The number of aromatic hydroxyl groups is 2. The summed E-state index contributed by atoms with van der Waals surface area (Å²) in [4.78, 5) is 23.6. The summed E-state index contributed by atoms with van der Waals surface area (Å²) in [7, 11) is 0. The number of carbonyl (C=O) groups excluding carboxylic acids is 2. The van der Waals surface area contributed by atoms with Gasteiger partial charge in [-0.05, 0) is 42.8 Å². The number of phenols is 2. The summed E-state index contributed by atoms with van der Waals surface area (Å²) in [6, 6.07) is 9.09. The molecule has 0 unspecified atom stereocenters. The lowest BCUT2D eigenvalue weighted by atomic mass is 10.2. The zero-order valence-corrected chi connectivity index (χ0v) is 14.7. The van der Waals surface area contributed by atoms with E-state index in [9.17, 15) is 19.8 Å². The Bertz CT molecular complexity index is 852. The van der Waals surface area contributed by atoms with E-state index in [0.717, 1.165) is 11.6 Å². The van der Waals surface area contributed by atoms with E-state index in [1.54, 1.807) is 18.2 Å². The molecule has 0 saturated carbocycles. The largest absolute Gasteiger partial charge is 0.508 e. The molecule has 0 radical (unpaired) electrons. The molecule has 4 N–H and O–H groups in total. The van der Waals surface area contributed by atoms with Crippen LogP contribution in [-0.4, -0.2) is 28.2 Å². The number of nitrogens with zero attached hydrogens (tertiary/aromatic N) is 1. The van der Waals surface area contributed by atoms with Crippen LogP contribution in [0.5, 0.6) is 11.5 Å². The lowest BCUT2D eigenvalue weighted by Crippen LogP contribution is -2.20. The SMILES string of the molecule is Cc1cc(Cl)ccc1NC(=O)CCC(=O)NN=Cc1ccc(O)cc1O. The third kappa shape index (κ3) is 5.78. The highest BCUT2D eigenvalue weighted by Crippen LogP contribution is 2.21. The van der Waals surface area contributed by atoms with Gasteiger partial charge in [-0.25, -0.2) is 5.43 Å². The van der Waals surface area contributed by atoms with Gasteiger partial charge < -0.3 is 15.5 Å². The molecule has 0 aromatic heterocycles. The van der Waals surface area contributed by atoms with Gasteiger partial charge in [0.15, 0.2) is 0 Å². The Morgan fingerprint density at radius 2 is 1.85 bits per heavy atom. The van der Waals surface area contributed by atoms with Crippen molar-refractivity contribution in [2.24, 2.45) is 5.10 Å². The van der Waals surface area contributed by atoms with Crippen molar-refractivity contribution in [3.05, 3.63) is 52.5 Å². The quantitative estimate of drug-likeness (QED) is 0.459. The second-order valence-corrected chi connectivity index (χ2v) is 5.98. The molecule has 0 heterocycles. The average Bonchev–Trinajstić information content (AvgIpc) is 2.57. The first-order valence-corrected chi connectivity index (χ1v) is 8.13. The van der Waals surface area contributed by atoms with E-state index in [2.05, 4.69) is 15.8 Å². The number of aryl methyl sites for hydroxylation is 1. The first-order chi connectivity index (χ1) is 12.3. The average molecular weight is 376 g/mol. The Labute approximate surface area is 155 Å². The minimum Gasteiger partial charge on any atom is -0.508 e. The number of anilines is 1. The summed E-state index contributed by atoms with van der Waals surface area (Å²) in [6.45, 7) is 1.82. The number of rotatable bonds is 6. The molecule has 0 bridgehead atoms. The van der Waals surface area contributed by atoms with Crippen LogP contribution in [0.4, 0.5) is 5.69 Å². The standard InChI is InChI=1S/C18H18ClN3O4/c1-11-8-13(19)3-5-15(11)21-17(25)6-7-18(26)22-20-10-12-2-4-14(23)9-16(12)24/h2-5,8-10,23-24H,6-7H2,1H3,(H,21,25)(H,22,26). The summed E-state index contributed by atoms with van der Waals surface area (Å²) in [5.41, 5.74) is 4.07. The smallest absolute Gasteiger partial charge is 0.240 e. The molecule has 2 aromatic carbocycles. The molecular formula is C18H18ClN3O4. The normalized spacial score (nSPS) is 10.7. The zero-order chi connectivity index (χ0) is 19.1. The third-order valence-corrected chi connectivity index (χ3v) is 3.68. The molecule has 0 atom stereocenters. The highest BCUT2D eigenvalue weighted by Gasteiger charge is 2.08. The van der Waals surface area contributed by atoms with Gasteiger partial charge in [-0.3, -0.25) is 9.59 Å². The van der Waals surface area contributed by atoms with Crippen molar-refractivity contribution < 1.29 is 19.8 Å². The summed E-state index contributed by atoms with van der Waals surface area (Å²) < 4.78 is 0. The molecule has 0 aliphatic carbocycles. The van der Waals surface area contributed by atoms with Gasteiger partial charge in [-0.15, -0.1) is 0 Å². The molecule has 2 rings (SSSR count). The first-order valence-electron chi connectivity index (χ1n) is 7.75. The lowest BCUT2D eigenvalue weighted by molar-refractivity contribution is -0.124. The van der Waals surface area contributed by atoms with Crippen molar-refractivity contribution in [2.45, 2.75) is 19.8 Å². The van der Waals surface area contributed by atoms with Crippen molar-refractivity contribution >= 4 is 35.3 Å². The summed E-state index contributed by atoms with van der Waals surface area (Å²) in [5.74, 6) is -0.987. The predicted octanol–water partition coefficient (Wildman–Crippen LogP) is 2.93. The van der Waals surface area contributed by atoms with Gasteiger partial charge in [0.1, 0.15) is 11.5 Å². The van der Waals surface area contributed by atoms with Crippen molar-refractivity contribution in [1.82, 2.24) is 5.43 Å². The maximum atomic E-state index is 11.9. The summed E-state index contributed by atoms with van der Waals surface area (Å²) in [6.07, 6.45) is 1.19. The molecule has 2 amide bonds. The van der Waals surface area contributed by atoms with Crippen LogP contribution in [0.25, 0.3) is 0 Å². The highest BCUT2D eigenvalue weighted by atomic mass is 35.5. The predicted molar refractivity (Wildman–Crippen MR) is 99.6 cm³/mol. The summed E-state index contributed by atoms with van der Waals surface area (Å²) >= 11 is 5.86. The van der Waals surface area contributed by atoms with E-state index in [0.29, 0.717) is 16.3 Å². The Hall–Kier alpha value is -3.06. The number of nitrogens with one attached hydrogen (secondary N) is 2. The lowest BCUT2D eigenvalue weighted by Gasteiger charge is -2.08. The zero-order valence-electron chi connectivity index (χ0n) is 14.0. The molecule has 26 heavy (non-hydrogen) atoms. The van der Waals surface area contributed by atoms with Gasteiger partial charge in [-0.2, -0.15) is 5.10 Å². The highest BCUT2D eigenvalue weighted by molar-refractivity contribution is 6.30. The maximum absolute atomic E-state index is 11.9.